The summed E-state index contributed by atoms with van der Waals surface area (Å²) in [6.07, 6.45) is 0.0956. The molecule has 188 valence electrons. The van der Waals surface area contributed by atoms with Crippen LogP contribution in [0.1, 0.15) is 36.1 Å². The molecule has 2 aromatic carbocycles. The first-order valence-corrected chi connectivity index (χ1v) is 11.1. The molecule has 1 atom stereocenters. The number of benzene rings is 2. The zero-order valence-corrected chi connectivity index (χ0v) is 20.3. The maximum Gasteiger partial charge on any atom is 0.331 e. The number of nitrogens with zero attached hydrogens (tertiary/aromatic N) is 3. The fourth-order valence-corrected chi connectivity index (χ4v) is 4.24. The van der Waals surface area contributed by atoms with Gasteiger partial charge in [-0.05, 0) is 23.3 Å². The predicted molar refractivity (Wildman–Crippen MR) is 131 cm³/mol. The summed E-state index contributed by atoms with van der Waals surface area (Å²) in [6.45, 7) is 1.38. The number of ether oxygens (including phenoxy) is 3. The average molecular weight is 495 g/mol. The highest BCUT2D eigenvalue weighted by molar-refractivity contribution is 6.04. The van der Waals surface area contributed by atoms with E-state index < -0.39 is 23.2 Å². The van der Waals surface area contributed by atoms with Crippen molar-refractivity contribution >= 4 is 11.6 Å². The normalized spacial score (nSPS) is 14.9. The third kappa shape index (κ3) is 4.42. The molecule has 0 unspecified atom stereocenters. The van der Waals surface area contributed by atoms with E-state index in [2.05, 4.69) is 10.1 Å². The molecule has 0 bridgehead atoms. The van der Waals surface area contributed by atoms with Crippen molar-refractivity contribution in [2.75, 3.05) is 21.3 Å². The number of methoxy groups -OCH3 is 3. The number of rotatable bonds is 7. The van der Waals surface area contributed by atoms with Crippen LogP contribution in [-0.4, -0.2) is 52.6 Å². The van der Waals surface area contributed by atoms with E-state index >= 15 is 0 Å². The van der Waals surface area contributed by atoms with Crippen LogP contribution < -0.4 is 25.5 Å². The zero-order valence-electron chi connectivity index (χ0n) is 20.3. The summed E-state index contributed by atoms with van der Waals surface area (Å²) < 4.78 is 17.3. The first kappa shape index (κ1) is 24.6. The Bertz CT molecular complexity index is 1420. The largest absolute Gasteiger partial charge is 0.494 e. The van der Waals surface area contributed by atoms with E-state index in [0.29, 0.717) is 22.8 Å². The number of H-pyrrole nitrogens is 1. The highest BCUT2D eigenvalue weighted by Gasteiger charge is 2.35. The Morgan fingerprint density at radius 1 is 1.08 bits per heavy atom. The lowest BCUT2D eigenvalue weighted by molar-refractivity contribution is -0.130. The van der Waals surface area contributed by atoms with E-state index in [0.717, 1.165) is 10.1 Å². The SMILES string of the molecule is COc1cc([C@H]2CC(c3c(O)n(Cc4ccccc4)c(=O)[nH]c3=O)=NN2C(C)=O)cc(OC)c1OC. The van der Waals surface area contributed by atoms with Gasteiger partial charge >= 0.3 is 5.69 Å². The minimum absolute atomic E-state index is 0.0370. The minimum Gasteiger partial charge on any atom is -0.494 e. The predicted octanol–water partition coefficient (Wildman–Crippen LogP) is 2.01. The van der Waals surface area contributed by atoms with Gasteiger partial charge in [0.25, 0.3) is 5.56 Å². The van der Waals surface area contributed by atoms with Crippen LogP contribution in [0.15, 0.2) is 57.2 Å². The topological polar surface area (TPSA) is 135 Å². The number of hydrogen-bond acceptors (Lipinski definition) is 8. The summed E-state index contributed by atoms with van der Waals surface area (Å²) in [5.74, 6) is 0.263. The summed E-state index contributed by atoms with van der Waals surface area (Å²) >= 11 is 0. The van der Waals surface area contributed by atoms with Gasteiger partial charge in [0, 0.05) is 13.3 Å². The lowest BCUT2D eigenvalue weighted by Crippen LogP contribution is -2.34. The number of hydrazone groups is 1. The van der Waals surface area contributed by atoms with Crippen molar-refractivity contribution in [2.45, 2.75) is 25.9 Å². The summed E-state index contributed by atoms with van der Waals surface area (Å²) in [6, 6.07) is 11.8. The second-order valence-electron chi connectivity index (χ2n) is 8.12. The van der Waals surface area contributed by atoms with Crippen LogP contribution in [0.5, 0.6) is 23.1 Å². The number of carbonyl (C=O) groups excluding carboxylic acids is 1. The van der Waals surface area contributed by atoms with Crippen molar-refractivity contribution in [1.29, 1.82) is 0 Å². The number of hydrogen-bond donors (Lipinski definition) is 2. The molecule has 1 aliphatic heterocycles. The molecule has 1 aliphatic rings. The molecular weight excluding hydrogens is 468 g/mol. The monoisotopic (exact) mass is 494 g/mol. The fourth-order valence-electron chi connectivity index (χ4n) is 4.24. The standard InChI is InChI=1S/C25H26N4O7/c1-14(30)29-18(16-10-19(34-2)22(36-4)20(11-16)35-3)12-17(27-29)21-23(31)26-25(33)28(24(21)32)13-15-8-6-5-7-9-15/h5-11,18,32H,12-13H2,1-4H3,(H,26,31,33)/t18-/m1/s1. The van der Waals surface area contributed by atoms with Crippen LogP contribution in [-0.2, 0) is 11.3 Å². The maximum atomic E-state index is 12.8. The quantitative estimate of drug-likeness (QED) is 0.513. The first-order chi connectivity index (χ1) is 17.3. The van der Waals surface area contributed by atoms with E-state index in [9.17, 15) is 19.5 Å². The van der Waals surface area contributed by atoms with Crippen molar-refractivity contribution in [3.63, 3.8) is 0 Å². The van der Waals surface area contributed by atoms with E-state index in [-0.39, 0.29) is 30.1 Å². The van der Waals surface area contributed by atoms with Gasteiger partial charge in [-0.3, -0.25) is 19.1 Å². The molecule has 0 saturated carbocycles. The van der Waals surface area contributed by atoms with Crippen LogP contribution in [0.4, 0.5) is 0 Å². The molecule has 0 spiro atoms. The molecule has 0 saturated heterocycles. The molecule has 3 aromatic rings. The average Bonchev–Trinajstić information content (AvgIpc) is 3.31. The van der Waals surface area contributed by atoms with Crippen molar-refractivity contribution in [3.8, 4) is 23.1 Å². The number of carbonyl (C=O) groups is 1. The van der Waals surface area contributed by atoms with Crippen molar-refractivity contribution in [1.82, 2.24) is 14.6 Å². The van der Waals surface area contributed by atoms with Crippen molar-refractivity contribution in [3.05, 3.63) is 80.0 Å². The van der Waals surface area contributed by atoms with Gasteiger partial charge in [0.2, 0.25) is 17.5 Å². The Morgan fingerprint density at radius 3 is 2.28 bits per heavy atom. The van der Waals surface area contributed by atoms with Gasteiger partial charge in [-0.25, -0.2) is 9.80 Å². The summed E-state index contributed by atoms with van der Waals surface area (Å²) in [5, 5.41) is 16.6. The number of aromatic amines is 1. The van der Waals surface area contributed by atoms with Crippen LogP contribution in [0, 0.1) is 0 Å². The number of aromatic hydroxyl groups is 1. The highest BCUT2D eigenvalue weighted by atomic mass is 16.5. The summed E-state index contributed by atoms with van der Waals surface area (Å²) in [4.78, 5) is 40.0. The van der Waals surface area contributed by atoms with E-state index in [1.807, 2.05) is 6.07 Å². The molecule has 11 heteroatoms. The van der Waals surface area contributed by atoms with E-state index in [4.69, 9.17) is 14.2 Å². The van der Waals surface area contributed by atoms with Crippen molar-refractivity contribution < 1.29 is 24.1 Å². The second-order valence-corrected chi connectivity index (χ2v) is 8.12. The third-order valence-electron chi connectivity index (χ3n) is 5.95. The third-order valence-corrected chi connectivity index (χ3v) is 5.95. The lowest BCUT2D eigenvalue weighted by atomic mass is 9.98. The molecule has 0 fully saturated rings. The van der Waals surface area contributed by atoms with Crippen LogP contribution >= 0.6 is 0 Å². The van der Waals surface area contributed by atoms with Crippen molar-refractivity contribution in [2.24, 2.45) is 5.10 Å². The molecule has 2 N–H and O–H groups in total. The summed E-state index contributed by atoms with van der Waals surface area (Å²) in [7, 11) is 4.44. The number of nitrogens with one attached hydrogen (secondary N) is 1. The van der Waals surface area contributed by atoms with Crippen LogP contribution in [0.2, 0.25) is 0 Å². The molecule has 0 radical (unpaired) electrons. The molecule has 11 nitrogen and oxygen atoms in total. The molecule has 1 amide bonds. The Balaban J connectivity index is 1.79. The van der Waals surface area contributed by atoms with Gasteiger partial charge in [-0.15, -0.1) is 0 Å². The van der Waals surface area contributed by atoms with Gasteiger partial charge in [0.05, 0.1) is 39.6 Å². The van der Waals surface area contributed by atoms with Crippen LogP contribution in [0.3, 0.4) is 0 Å². The van der Waals surface area contributed by atoms with Gasteiger partial charge in [0.1, 0.15) is 5.56 Å². The molecule has 4 rings (SSSR count). The first-order valence-electron chi connectivity index (χ1n) is 11.1. The minimum atomic E-state index is -0.797. The van der Waals surface area contributed by atoms with Gasteiger partial charge < -0.3 is 19.3 Å². The maximum absolute atomic E-state index is 12.8. The van der Waals surface area contributed by atoms with E-state index in [1.165, 1.54) is 33.3 Å². The lowest BCUT2D eigenvalue weighted by Gasteiger charge is -2.22. The smallest absolute Gasteiger partial charge is 0.331 e. The molecule has 1 aromatic heterocycles. The number of amides is 1. The Hall–Kier alpha value is -4.54. The Labute approximate surface area is 206 Å². The second kappa shape index (κ2) is 9.98. The highest BCUT2D eigenvalue weighted by Crippen LogP contribution is 2.43. The summed E-state index contributed by atoms with van der Waals surface area (Å²) in [5.41, 5.74) is -0.201. The molecule has 2 heterocycles. The van der Waals surface area contributed by atoms with Gasteiger partial charge in [0.15, 0.2) is 11.5 Å². The number of aromatic nitrogens is 2. The molecular formula is C25H26N4O7. The van der Waals surface area contributed by atoms with Gasteiger partial charge in [-0.1, -0.05) is 30.3 Å². The van der Waals surface area contributed by atoms with Crippen LogP contribution in [0.25, 0.3) is 0 Å². The van der Waals surface area contributed by atoms with Gasteiger partial charge in [-0.2, -0.15) is 5.10 Å². The fraction of sp³-hybridized carbons (Fsp3) is 0.280. The molecule has 0 aliphatic carbocycles. The Morgan fingerprint density at radius 2 is 1.72 bits per heavy atom. The molecule has 36 heavy (non-hydrogen) atoms. The zero-order chi connectivity index (χ0) is 26.0. The Kier molecular flexibility index (Phi) is 6.82. The van der Waals surface area contributed by atoms with E-state index in [1.54, 1.807) is 36.4 Å².